The van der Waals surface area contributed by atoms with Gasteiger partial charge in [0.05, 0.1) is 32.9 Å². The molecule has 0 fully saturated rings. The molecule has 1 unspecified atom stereocenters. The number of rotatable bonds is 5. The van der Waals surface area contributed by atoms with Crippen LogP contribution in [0.15, 0.2) is 12.1 Å². The lowest BCUT2D eigenvalue weighted by Crippen LogP contribution is -2.20. The normalized spacial score (nSPS) is 11.8. The Labute approximate surface area is 100 Å². The fraction of sp³-hybridized carbons (Fsp3) is 0.417. The zero-order chi connectivity index (χ0) is 13.0. The summed E-state index contributed by atoms with van der Waals surface area (Å²) in [5.41, 5.74) is 6.36. The number of ketones is 1. The van der Waals surface area contributed by atoms with Crippen LogP contribution in [0.4, 0.5) is 0 Å². The van der Waals surface area contributed by atoms with Gasteiger partial charge in [0, 0.05) is 12.1 Å². The predicted molar refractivity (Wildman–Crippen MR) is 63.7 cm³/mol. The maximum Gasteiger partial charge on any atom is 0.151 e. The van der Waals surface area contributed by atoms with Crippen LogP contribution in [0.3, 0.4) is 0 Å². The first-order chi connectivity index (χ1) is 8.04. The summed E-state index contributed by atoms with van der Waals surface area (Å²) < 4.78 is 15.5. The van der Waals surface area contributed by atoms with Gasteiger partial charge >= 0.3 is 0 Å². The number of hydrogen-bond acceptors (Lipinski definition) is 5. The summed E-state index contributed by atoms with van der Waals surface area (Å²) in [6.07, 6.45) is 0. The van der Waals surface area contributed by atoms with Crippen molar-refractivity contribution in [1.29, 1.82) is 0 Å². The molecule has 0 saturated carbocycles. The van der Waals surface area contributed by atoms with Crippen LogP contribution in [0.2, 0.25) is 0 Å². The van der Waals surface area contributed by atoms with E-state index in [-0.39, 0.29) is 5.78 Å². The molecule has 0 aliphatic carbocycles. The van der Waals surface area contributed by atoms with Gasteiger partial charge in [0.15, 0.2) is 5.78 Å². The second-order valence-electron chi connectivity index (χ2n) is 3.53. The summed E-state index contributed by atoms with van der Waals surface area (Å²) in [5.74, 6) is 1.37. The van der Waals surface area contributed by atoms with Crippen molar-refractivity contribution in [3.05, 3.63) is 17.7 Å². The summed E-state index contributed by atoms with van der Waals surface area (Å²) in [7, 11) is 4.55. The summed E-state index contributed by atoms with van der Waals surface area (Å²) >= 11 is 0. The summed E-state index contributed by atoms with van der Waals surface area (Å²) in [5, 5.41) is 0. The van der Waals surface area contributed by atoms with Crippen molar-refractivity contribution in [2.24, 2.45) is 5.73 Å². The molecule has 5 heteroatoms. The maximum atomic E-state index is 11.4. The van der Waals surface area contributed by atoms with Crippen LogP contribution in [0.1, 0.15) is 18.5 Å². The standard InChI is InChI=1S/C12H17NO4/c1-7(14)12(13)11-9(16-3)5-8(15-2)6-10(11)17-4/h5-6,12H,13H2,1-4H3. The van der Waals surface area contributed by atoms with Gasteiger partial charge in [-0.25, -0.2) is 0 Å². The molecule has 0 amide bonds. The molecule has 0 heterocycles. The van der Waals surface area contributed by atoms with Crippen LogP contribution in [0.25, 0.3) is 0 Å². The topological polar surface area (TPSA) is 70.8 Å². The Morgan fingerprint density at radius 2 is 1.59 bits per heavy atom. The van der Waals surface area contributed by atoms with E-state index in [9.17, 15) is 4.79 Å². The van der Waals surface area contributed by atoms with Crippen molar-refractivity contribution in [2.75, 3.05) is 21.3 Å². The second-order valence-corrected chi connectivity index (χ2v) is 3.53. The van der Waals surface area contributed by atoms with Crippen molar-refractivity contribution in [1.82, 2.24) is 0 Å². The van der Waals surface area contributed by atoms with E-state index in [1.54, 1.807) is 19.2 Å². The Morgan fingerprint density at radius 1 is 1.12 bits per heavy atom. The molecule has 0 spiro atoms. The van der Waals surface area contributed by atoms with Crippen molar-refractivity contribution in [2.45, 2.75) is 13.0 Å². The van der Waals surface area contributed by atoms with Crippen LogP contribution >= 0.6 is 0 Å². The minimum absolute atomic E-state index is 0.160. The first-order valence-electron chi connectivity index (χ1n) is 5.11. The predicted octanol–water partition coefficient (Wildman–Crippen LogP) is 1.30. The third-order valence-electron chi connectivity index (χ3n) is 2.50. The van der Waals surface area contributed by atoms with Gasteiger partial charge in [-0.15, -0.1) is 0 Å². The van der Waals surface area contributed by atoms with E-state index in [1.165, 1.54) is 21.1 Å². The van der Waals surface area contributed by atoms with Gasteiger partial charge < -0.3 is 19.9 Å². The van der Waals surface area contributed by atoms with Crippen LogP contribution in [0, 0.1) is 0 Å². The lowest BCUT2D eigenvalue weighted by Gasteiger charge is -2.18. The molecule has 17 heavy (non-hydrogen) atoms. The largest absolute Gasteiger partial charge is 0.496 e. The highest BCUT2D eigenvalue weighted by Gasteiger charge is 2.22. The molecule has 0 aliphatic heterocycles. The summed E-state index contributed by atoms with van der Waals surface area (Å²) in [6.45, 7) is 1.42. The number of ether oxygens (including phenoxy) is 3. The second kappa shape index (κ2) is 5.54. The lowest BCUT2D eigenvalue weighted by molar-refractivity contribution is -0.118. The van der Waals surface area contributed by atoms with Crippen LogP contribution in [-0.4, -0.2) is 27.1 Å². The molecule has 0 aromatic heterocycles. The molecule has 2 N–H and O–H groups in total. The van der Waals surface area contributed by atoms with E-state index in [0.717, 1.165) is 0 Å². The number of carbonyl (C=O) groups is 1. The molecule has 0 saturated heterocycles. The summed E-state index contributed by atoms with van der Waals surface area (Å²) in [4.78, 5) is 11.4. The van der Waals surface area contributed by atoms with Gasteiger partial charge in [-0.05, 0) is 6.92 Å². The molecule has 0 aliphatic rings. The maximum absolute atomic E-state index is 11.4. The zero-order valence-corrected chi connectivity index (χ0v) is 10.4. The third kappa shape index (κ3) is 2.68. The van der Waals surface area contributed by atoms with Gasteiger partial charge in [0.1, 0.15) is 17.2 Å². The molecular weight excluding hydrogens is 222 g/mol. The zero-order valence-electron chi connectivity index (χ0n) is 10.4. The SMILES string of the molecule is COc1cc(OC)c(C(N)C(C)=O)c(OC)c1. The van der Waals surface area contributed by atoms with Crippen LogP contribution < -0.4 is 19.9 Å². The fourth-order valence-corrected chi connectivity index (χ4v) is 1.54. The number of methoxy groups -OCH3 is 3. The van der Waals surface area contributed by atoms with E-state index in [2.05, 4.69) is 0 Å². The van der Waals surface area contributed by atoms with Crippen molar-refractivity contribution >= 4 is 5.78 Å². The number of nitrogens with two attached hydrogens (primary N) is 1. The monoisotopic (exact) mass is 239 g/mol. The van der Waals surface area contributed by atoms with E-state index in [1.807, 2.05) is 0 Å². The van der Waals surface area contributed by atoms with Gasteiger partial charge in [0.2, 0.25) is 0 Å². The third-order valence-corrected chi connectivity index (χ3v) is 2.50. The molecule has 0 bridgehead atoms. The smallest absolute Gasteiger partial charge is 0.151 e. The fourth-order valence-electron chi connectivity index (χ4n) is 1.54. The molecule has 1 rings (SSSR count). The van der Waals surface area contributed by atoms with Crippen molar-refractivity contribution < 1.29 is 19.0 Å². The van der Waals surface area contributed by atoms with Crippen LogP contribution in [0.5, 0.6) is 17.2 Å². The lowest BCUT2D eigenvalue weighted by atomic mass is 10.0. The minimum atomic E-state index is -0.772. The van der Waals surface area contributed by atoms with E-state index < -0.39 is 6.04 Å². The Bertz CT molecular complexity index is 392. The van der Waals surface area contributed by atoms with Gasteiger partial charge in [-0.3, -0.25) is 4.79 Å². The Balaban J connectivity index is 3.39. The average molecular weight is 239 g/mol. The Morgan fingerprint density at radius 3 is 1.88 bits per heavy atom. The molecule has 0 radical (unpaired) electrons. The number of benzene rings is 1. The molecule has 94 valence electrons. The van der Waals surface area contributed by atoms with Gasteiger partial charge in [-0.2, -0.15) is 0 Å². The highest BCUT2D eigenvalue weighted by Crippen LogP contribution is 2.37. The highest BCUT2D eigenvalue weighted by atomic mass is 16.5. The Hall–Kier alpha value is -1.75. The first kappa shape index (κ1) is 13.3. The van der Waals surface area contributed by atoms with E-state index in [0.29, 0.717) is 22.8 Å². The molecule has 5 nitrogen and oxygen atoms in total. The number of hydrogen-bond donors (Lipinski definition) is 1. The van der Waals surface area contributed by atoms with Crippen LogP contribution in [-0.2, 0) is 4.79 Å². The molecule has 1 atom stereocenters. The van der Waals surface area contributed by atoms with E-state index in [4.69, 9.17) is 19.9 Å². The number of Topliss-reactive ketones (excluding diaryl/α,β-unsaturated/α-hetero) is 1. The van der Waals surface area contributed by atoms with Crippen molar-refractivity contribution in [3.8, 4) is 17.2 Å². The molecule has 1 aromatic carbocycles. The van der Waals surface area contributed by atoms with Crippen molar-refractivity contribution in [3.63, 3.8) is 0 Å². The number of carbonyl (C=O) groups excluding carboxylic acids is 1. The first-order valence-corrected chi connectivity index (χ1v) is 5.11. The molecule has 1 aromatic rings. The highest BCUT2D eigenvalue weighted by molar-refractivity contribution is 5.84. The van der Waals surface area contributed by atoms with E-state index >= 15 is 0 Å². The molecular formula is C12H17NO4. The van der Waals surface area contributed by atoms with Gasteiger partial charge in [-0.1, -0.05) is 0 Å². The van der Waals surface area contributed by atoms with Gasteiger partial charge in [0.25, 0.3) is 0 Å². The quantitative estimate of drug-likeness (QED) is 0.838. The average Bonchev–Trinajstić information content (AvgIpc) is 2.35. The Kier molecular flexibility index (Phi) is 4.34. The minimum Gasteiger partial charge on any atom is -0.496 e. The summed E-state index contributed by atoms with van der Waals surface area (Å²) in [6, 6.07) is 2.56.